The van der Waals surface area contributed by atoms with Gasteiger partial charge in [-0.2, -0.15) is 0 Å². The van der Waals surface area contributed by atoms with Crippen molar-refractivity contribution in [2.45, 2.75) is 19.5 Å². The SMILES string of the molecule is CCOc1cccc(CNC(=O)C2CNNC2c2ccc(Cl)cc2)c1. The van der Waals surface area contributed by atoms with Crippen LogP contribution in [0.4, 0.5) is 0 Å². The molecule has 1 heterocycles. The molecule has 3 N–H and O–H groups in total. The van der Waals surface area contributed by atoms with Gasteiger partial charge in [-0.1, -0.05) is 35.9 Å². The second-order valence-electron chi connectivity index (χ2n) is 5.96. The maximum atomic E-state index is 12.6. The quantitative estimate of drug-likeness (QED) is 0.742. The number of benzene rings is 2. The average molecular weight is 360 g/mol. The molecule has 2 aromatic carbocycles. The third-order valence-electron chi connectivity index (χ3n) is 4.22. The molecule has 0 aliphatic carbocycles. The number of nitrogens with one attached hydrogen (secondary N) is 3. The highest BCUT2D eigenvalue weighted by atomic mass is 35.5. The monoisotopic (exact) mass is 359 g/mol. The van der Waals surface area contributed by atoms with Gasteiger partial charge in [-0.05, 0) is 42.3 Å². The summed E-state index contributed by atoms with van der Waals surface area (Å²) in [4.78, 5) is 12.6. The fourth-order valence-corrected chi connectivity index (χ4v) is 3.09. The molecule has 0 aromatic heterocycles. The molecule has 1 aliphatic heterocycles. The molecule has 0 spiro atoms. The normalized spacial score (nSPS) is 19.6. The Kier molecular flexibility index (Phi) is 5.91. The Morgan fingerprint density at radius 3 is 2.84 bits per heavy atom. The van der Waals surface area contributed by atoms with Crippen LogP contribution in [0, 0.1) is 5.92 Å². The minimum atomic E-state index is -0.184. The fourth-order valence-electron chi connectivity index (χ4n) is 2.96. The lowest BCUT2D eigenvalue weighted by molar-refractivity contribution is -0.125. The molecule has 5 nitrogen and oxygen atoms in total. The van der Waals surface area contributed by atoms with Crippen LogP contribution < -0.4 is 20.9 Å². The van der Waals surface area contributed by atoms with Crippen molar-refractivity contribution in [1.29, 1.82) is 0 Å². The summed E-state index contributed by atoms with van der Waals surface area (Å²) >= 11 is 5.94. The first-order valence-corrected chi connectivity index (χ1v) is 8.78. The number of carbonyl (C=O) groups excluding carboxylic acids is 1. The number of amides is 1. The molecule has 2 unspecified atom stereocenters. The molecule has 1 fully saturated rings. The minimum absolute atomic E-state index is 0.0132. The summed E-state index contributed by atoms with van der Waals surface area (Å²) in [6, 6.07) is 15.3. The highest BCUT2D eigenvalue weighted by molar-refractivity contribution is 6.30. The number of ether oxygens (including phenoxy) is 1. The highest BCUT2D eigenvalue weighted by Crippen LogP contribution is 2.26. The number of hydrazine groups is 1. The van der Waals surface area contributed by atoms with Gasteiger partial charge in [0.15, 0.2) is 0 Å². The average Bonchev–Trinajstić information content (AvgIpc) is 3.11. The second-order valence-corrected chi connectivity index (χ2v) is 6.40. The number of rotatable bonds is 6. The Morgan fingerprint density at radius 2 is 2.08 bits per heavy atom. The van der Waals surface area contributed by atoms with Crippen LogP contribution in [0.15, 0.2) is 48.5 Å². The van der Waals surface area contributed by atoms with Gasteiger partial charge < -0.3 is 10.1 Å². The minimum Gasteiger partial charge on any atom is -0.494 e. The fraction of sp³-hybridized carbons (Fsp3) is 0.316. The van der Waals surface area contributed by atoms with Crippen molar-refractivity contribution >= 4 is 17.5 Å². The predicted octanol–water partition coefficient (Wildman–Crippen LogP) is 2.82. The molecule has 1 aliphatic rings. The molecule has 0 saturated carbocycles. The van der Waals surface area contributed by atoms with Crippen LogP contribution >= 0.6 is 11.6 Å². The van der Waals surface area contributed by atoms with Crippen molar-refractivity contribution in [2.75, 3.05) is 13.2 Å². The first-order valence-electron chi connectivity index (χ1n) is 8.40. The third-order valence-corrected chi connectivity index (χ3v) is 4.48. The van der Waals surface area contributed by atoms with Gasteiger partial charge in [0.1, 0.15) is 5.75 Å². The van der Waals surface area contributed by atoms with E-state index in [1.165, 1.54) is 0 Å². The summed E-state index contributed by atoms with van der Waals surface area (Å²) in [5, 5.41) is 3.71. The molecule has 3 rings (SSSR count). The summed E-state index contributed by atoms with van der Waals surface area (Å²) in [7, 11) is 0. The Labute approximate surface area is 152 Å². The van der Waals surface area contributed by atoms with Crippen molar-refractivity contribution in [3.63, 3.8) is 0 Å². The second kappa shape index (κ2) is 8.34. The molecule has 2 aromatic rings. The summed E-state index contributed by atoms with van der Waals surface area (Å²) in [5.74, 6) is 0.646. The van der Waals surface area contributed by atoms with Gasteiger partial charge in [0.25, 0.3) is 0 Å². The maximum Gasteiger partial charge on any atom is 0.226 e. The Bertz CT molecular complexity index is 721. The smallest absolute Gasteiger partial charge is 0.226 e. The molecule has 0 bridgehead atoms. The van der Waals surface area contributed by atoms with E-state index < -0.39 is 0 Å². The van der Waals surface area contributed by atoms with Gasteiger partial charge in [-0.25, -0.2) is 5.43 Å². The van der Waals surface area contributed by atoms with E-state index in [1.807, 2.05) is 55.5 Å². The van der Waals surface area contributed by atoms with Crippen LogP contribution in [-0.4, -0.2) is 19.1 Å². The lowest BCUT2D eigenvalue weighted by atomic mass is 9.94. The van der Waals surface area contributed by atoms with E-state index in [9.17, 15) is 4.79 Å². The zero-order valence-corrected chi connectivity index (χ0v) is 14.8. The van der Waals surface area contributed by atoms with Crippen LogP contribution in [0.5, 0.6) is 5.75 Å². The largest absolute Gasteiger partial charge is 0.494 e. The molecule has 2 atom stereocenters. The van der Waals surface area contributed by atoms with Gasteiger partial charge in [0, 0.05) is 18.1 Å². The van der Waals surface area contributed by atoms with E-state index in [4.69, 9.17) is 16.3 Å². The van der Waals surface area contributed by atoms with Crippen LogP contribution in [0.25, 0.3) is 0 Å². The number of carbonyl (C=O) groups is 1. The lowest BCUT2D eigenvalue weighted by Gasteiger charge is -2.18. The Hall–Kier alpha value is -2.08. The van der Waals surface area contributed by atoms with Crippen LogP contribution in [0.3, 0.4) is 0 Å². The van der Waals surface area contributed by atoms with E-state index in [2.05, 4.69) is 16.2 Å². The maximum absolute atomic E-state index is 12.6. The van der Waals surface area contributed by atoms with E-state index >= 15 is 0 Å². The van der Waals surface area contributed by atoms with E-state index in [0.717, 1.165) is 16.9 Å². The van der Waals surface area contributed by atoms with Gasteiger partial charge in [-0.15, -0.1) is 0 Å². The summed E-state index contributed by atoms with van der Waals surface area (Å²) in [6.07, 6.45) is 0. The highest BCUT2D eigenvalue weighted by Gasteiger charge is 2.33. The lowest BCUT2D eigenvalue weighted by Crippen LogP contribution is -2.34. The molecule has 25 heavy (non-hydrogen) atoms. The van der Waals surface area contributed by atoms with Crippen molar-refractivity contribution < 1.29 is 9.53 Å². The third kappa shape index (κ3) is 4.51. The van der Waals surface area contributed by atoms with Crippen molar-refractivity contribution in [3.8, 4) is 5.75 Å². The first kappa shape index (κ1) is 17.7. The van der Waals surface area contributed by atoms with Gasteiger partial charge in [0.05, 0.1) is 18.6 Å². The van der Waals surface area contributed by atoms with Gasteiger partial charge in [-0.3, -0.25) is 10.2 Å². The van der Waals surface area contributed by atoms with Crippen LogP contribution in [-0.2, 0) is 11.3 Å². The van der Waals surface area contributed by atoms with Crippen LogP contribution in [0.2, 0.25) is 5.02 Å². The zero-order valence-electron chi connectivity index (χ0n) is 14.1. The van der Waals surface area contributed by atoms with Crippen molar-refractivity contribution in [2.24, 2.45) is 5.92 Å². The molecule has 1 amide bonds. The number of hydrogen-bond donors (Lipinski definition) is 3. The number of hydrogen-bond acceptors (Lipinski definition) is 4. The topological polar surface area (TPSA) is 62.4 Å². The Balaban J connectivity index is 1.62. The van der Waals surface area contributed by atoms with E-state index in [-0.39, 0.29) is 17.9 Å². The molecular weight excluding hydrogens is 338 g/mol. The van der Waals surface area contributed by atoms with Gasteiger partial charge >= 0.3 is 0 Å². The van der Waals surface area contributed by atoms with Crippen molar-refractivity contribution in [3.05, 3.63) is 64.7 Å². The summed E-state index contributed by atoms with van der Waals surface area (Å²) < 4.78 is 5.49. The molecule has 132 valence electrons. The van der Waals surface area contributed by atoms with E-state index in [0.29, 0.717) is 24.7 Å². The summed E-state index contributed by atoms with van der Waals surface area (Å²) in [6.45, 7) is 3.63. The molecule has 0 radical (unpaired) electrons. The zero-order chi connectivity index (χ0) is 17.6. The molecular formula is C19H22ClN3O2. The van der Waals surface area contributed by atoms with Crippen LogP contribution in [0.1, 0.15) is 24.1 Å². The summed E-state index contributed by atoms with van der Waals surface area (Å²) in [5.41, 5.74) is 8.30. The predicted molar refractivity (Wildman–Crippen MR) is 98.3 cm³/mol. The van der Waals surface area contributed by atoms with E-state index in [1.54, 1.807) is 0 Å². The number of halogens is 1. The molecule has 6 heteroatoms. The standard InChI is InChI=1S/C19H22ClN3O2/c1-2-25-16-5-3-4-13(10-16)11-21-19(24)17-12-22-23-18(17)14-6-8-15(20)9-7-14/h3-10,17-18,22-23H,2,11-12H2,1H3,(H,21,24). The first-order chi connectivity index (χ1) is 12.2. The Morgan fingerprint density at radius 1 is 1.28 bits per heavy atom. The van der Waals surface area contributed by atoms with Gasteiger partial charge in [0.2, 0.25) is 5.91 Å². The van der Waals surface area contributed by atoms with Crippen molar-refractivity contribution in [1.82, 2.24) is 16.2 Å². The molecule has 1 saturated heterocycles.